The largest absolute Gasteiger partial charge is 0.365 e. The standard InChI is InChI=1S/C17H22N4O2S/c1-5-12-18-15-10-11-16(20-19-15)21-24(22,23)14-8-6-13(7-9-14)17(2,3)4/h5-11H,1,12H2,2-4H3,(H,18,19)(H,20,21). The van der Waals surface area contributed by atoms with E-state index in [9.17, 15) is 8.42 Å². The summed E-state index contributed by atoms with van der Waals surface area (Å²) in [5.74, 6) is 0.714. The van der Waals surface area contributed by atoms with Crippen molar-refractivity contribution in [3.8, 4) is 0 Å². The first-order valence-corrected chi connectivity index (χ1v) is 9.02. The maximum Gasteiger partial charge on any atom is 0.263 e. The first-order chi connectivity index (χ1) is 11.2. The normalized spacial score (nSPS) is 11.8. The molecule has 0 spiro atoms. The number of hydrogen-bond donors (Lipinski definition) is 2. The topological polar surface area (TPSA) is 84.0 Å². The minimum Gasteiger partial charge on any atom is -0.365 e. The summed E-state index contributed by atoms with van der Waals surface area (Å²) in [6.45, 7) is 10.4. The molecule has 2 rings (SSSR count). The van der Waals surface area contributed by atoms with Crippen LogP contribution >= 0.6 is 0 Å². The maximum atomic E-state index is 12.4. The van der Waals surface area contributed by atoms with E-state index in [1.807, 2.05) is 12.1 Å². The van der Waals surface area contributed by atoms with Crippen LogP contribution < -0.4 is 10.0 Å². The van der Waals surface area contributed by atoms with Crippen molar-refractivity contribution in [2.45, 2.75) is 31.1 Å². The van der Waals surface area contributed by atoms with Gasteiger partial charge in [-0.25, -0.2) is 8.42 Å². The van der Waals surface area contributed by atoms with Crippen LogP contribution in [0.15, 0.2) is 53.9 Å². The minimum absolute atomic E-state index is 0.0323. The molecular weight excluding hydrogens is 324 g/mol. The third kappa shape index (κ3) is 4.55. The van der Waals surface area contributed by atoms with Crippen molar-refractivity contribution in [1.29, 1.82) is 0 Å². The Balaban J connectivity index is 2.14. The molecule has 2 N–H and O–H groups in total. The number of nitrogens with zero attached hydrogens (tertiary/aromatic N) is 2. The average molecular weight is 346 g/mol. The van der Waals surface area contributed by atoms with Crippen molar-refractivity contribution in [3.63, 3.8) is 0 Å². The lowest BCUT2D eigenvalue weighted by Crippen LogP contribution is -2.16. The Kier molecular flexibility index (Phi) is 5.23. The molecule has 2 aromatic rings. The van der Waals surface area contributed by atoms with Crippen LogP contribution in [0.4, 0.5) is 11.6 Å². The molecule has 0 aliphatic carbocycles. The Labute approximate surface area is 143 Å². The highest BCUT2D eigenvalue weighted by Crippen LogP contribution is 2.24. The molecule has 0 unspecified atom stereocenters. The highest BCUT2D eigenvalue weighted by atomic mass is 32.2. The first-order valence-electron chi connectivity index (χ1n) is 7.54. The Morgan fingerprint density at radius 3 is 2.12 bits per heavy atom. The van der Waals surface area contributed by atoms with E-state index in [0.29, 0.717) is 12.4 Å². The second kappa shape index (κ2) is 7.00. The van der Waals surface area contributed by atoms with Gasteiger partial charge < -0.3 is 5.32 Å². The molecule has 0 saturated heterocycles. The van der Waals surface area contributed by atoms with Gasteiger partial charge in [0.15, 0.2) is 5.82 Å². The van der Waals surface area contributed by atoms with Crippen LogP contribution in [0.25, 0.3) is 0 Å². The zero-order valence-corrected chi connectivity index (χ0v) is 14.9. The lowest BCUT2D eigenvalue weighted by atomic mass is 9.87. The van der Waals surface area contributed by atoms with Crippen LogP contribution in [-0.4, -0.2) is 25.2 Å². The van der Waals surface area contributed by atoms with E-state index in [2.05, 4.69) is 47.6 Å². The molecule has 6 nitrogen and oxygen atoms in total. The molecule has 1 aromatic carbocycles. The van der Waals surface area contributed by atoms with Crippen molar-refractivity contribution in [1.82, 2.24) is 10.2 Å². The van der Waals surface area contributed by atoms with Gasteiger partial charge in [-0.2, -0.15) is 0 Å². The number of benzene rings is 1. The number of sulfonamides is 1. The molecule has 0 fully saturated rings. The van der Waals surface area contributed by atoms with Gasteiger partial charge in [-0.1, -0.05) is 39.0 Å². The van der Waals surface area contributed by atoms with Crippen LogP contribution in [0.2, 0.25) is 0 Å². The van der Waals surface area contributed by atoms with Gasteiger partial charge in [-0.15, -0.1) is 16.8 Å². The SMILES string of the molecule is C=CCNc1ccc(NS(=O)(=O)c2ccc(C(C)(C)C)cc2)nn1. The molecule has 0 amide bonds. The predicted molar refractivity (Wildman–Crippen MR) is 96.7 cm³/mol. The zero-order chi connectivity index (χ0) is 17.8. The van der Waals surface area contributed by atoms with Gasteiger partial charge in [0, 0.05) is 6.54 Å². The summed E-state index contributed by atoms with van der Waals surface area (Å²) >= 11 is 0. The van der Waals surface area contributed by atoms with Crippen LogP contribution in [0.1, 0.15) is 26.3 Å². The summed E-state index contributed by atoms with van der Waals surface area (Å²) in [6, 6.07) is 10.0. The van der Waals surface area contributed by atoms with Crippen molar-refractivity contribution >= 4 is 21.7 Å². The summed E-state index contributed by atoms with van der Waals surface area (Å²) in [4.78, 5) is 0.186. The summed E-state index contributed by atoms with van der Waals surface area (Å²) in [5.41, 5.74) is 1.04. The summed E-state index contributed by atoms with van der Waals surface area (Å²) in [6.07, 6.45) is 1.69. The number of hydrogen-bond acceptors (Lipinski definition) is 5. The molecule has 128 valence electrons. The van der Waals surface area contributed by atoms with Crippen LogP contribution in [0, 0.1) is 0 Å². The van der Waals surface area contributed by atoms with E-state index in [0.717, 1.165) is 5.56 Å². The average Bonchev–Trinajstić information content (AvgIpc) is 2.53. The predicted octanol–water partition coefficient (Wildman–Crippen LogP) is 3.17. The lowest BCUT2D eigenvalue weighted by molar-refractivity contribution is 0.587. The van der Waals surface area contributed by atoms with Crippen molar-refractivity contribution in [3.05, 3.63) is 54.6 Å². The van der Waals surface area contributed by atoms with E-state index >= 15 is 0 Å². The van der Waals surface area contributed by atoms with E-state index in [-0.39, 0.29) is 16.1 Å². The molecule has 0 saturated carbocycles. The van der Waals surface area contributed by atoms with Gasteiger partial charge in [0.2, 0.25) is 0 Å². The number of aromatic nitrogens is 2. The molecule has 0 bridgehead atoms. The monoisotopic (exact) mass is 346 g/mol. The number of anilines is 2. The summed E-state index contributed by atoms with van der Waals surface area (Å²) < 4.78 is 27.3. The van der Waals surface area contributed by atoms with Crippen LogP contribution in [-0.2, 0) is 15.4 Å². The fourth-order valence-electron chi connectivity index (χ4n) is 1.99. The van der Waals surface area contributed by atoms with E-state index in [4.69, 9.17) is 0 Å². The van der Waals surface area contributed by atoms with Gasteiger partial charge in [0.1, 0.15) is 5.82 Å². The molecular formula is C17H22N4O2S. The minimum atomic E-state index is -3.69. The molecule has 1 heterocycles. The quantitative estimate of drug-likeness (QED) is 0.785. The molecule has 24 heavy (non-hydrogen) atoms. The third-order valence-corrected chi connectivity index (χ3v) is 4.73. The smallest absolute Gasteiger partial charge is 0.263 e. The van der Waals surface area contributed by atoms with Gasteiger partial charge in [0.05, 0.1) is 4.90 Å². The van der Waals surface area contributed by atoms with Gasteiger partial charge in [-0.05, 0) is 35.2 Å². The maximum absolute atomic E-state index is 12.4. The zero-order valence-electron chi connectivity index (χ0n) is 14.1. The van der Waals surface area contributed by atoms with Gasteiger partial charge >= 0.3 is 0 Å². The molecule has 0 radical (unpaired) electrons. The third-order valence-electron chi connectivity index (χ3n) is 3.36. The van der Waals surface area contributed by atoms with E-state index in [1.54, 1.807) is 30.3 Å². The number of rotatable bonds is 6. The molecule has 0 aliphatic heterocycles. The Morgan fingerprint density at radius 1 is 1.04 bits per heavy atom. The fraction of sp³-hybridized carbons (Fsp3) is 0.294. The molecule has 0 atom stereocenters. The molecule has 7 heteroatoms. The van der Waals surface area contributed by atoms with Gasteiger partial charge in [0.25, 0.3) is 10.0 Å². The summed E-state index contributed by atoms with van der Waals surface area (Å²) in [7, 11) is -3.69. The van der Waals surface area contributed by atoms with Crippen molar-refractivity contribution in [2.24, 2.45) is 0 Å². The molecule has 1 aromatic heterocycles. The molecule has 0 aliphatic rings. The first kappa shape index (κ1) is 17.9. The lowest BCUT2D eigenvalue weighted by Gasteiger charge is -2.19. The van der Waals surface area contributed by atoms with Crippen molar-refractivity contribution in [2.75, 3.05) is 16.6 Å². The van der Waals surface area contributed by atoms with Crippen molar-refractivity contribution < 1.29 is 8.42 Å². The van der Waals surface area contributed by atoms with Crippen LogP contribution in [0.5, 0.6) is 0 Å². The fourth-order valence-corrected chi connectivity index (χ4v) is 2.98. The van der Waals surface area contributed by atoms with Gasteiger partial charge in [-0.3, -0.25) is 4.72 Å². The van der Waals surface area contributed by atoms with E-state index in [1.165, 1.54) is 0 Å². The van der Waals surface area contributed by atoms with Crippen LogP contribution in [0.3, 0.4) is 0 Å². The second-order valence-electron chi connectivity index (χ2n) is 6.35. The highest BCUT2D eigenvalue weighted by Gasteiger charge is 2.18. The second-order valence-corrected chi connectivity index (χ2v) is 8.04. The summed E-state index contributed by atoms with van der Waals surface area (Å²) in [5, 5.41) is 10.7. The highest BCUT2D eigenvalue weighted by molar-refractivity contribution is 7.92. The Morgan fingerprint density at radius 2 is 1.62 bits per heavy atom. The van der Waals surface area contributed by atoms with E-state index < -0.39 is 10.0 Å². The Hall–Kier alpha value is -2.41. The number of nitrogens with one attached hydrogen (secondary N) is 2. The Bertz CT molecular complexity index is 792.